The Morgan fingerprint density at radius 1 is 1.43 bits per heavy atom. The van der Waals surface area contributed by atoms with Crippen LogP contribution in [0, 0.1) is 0 Å². The highest BCUT2D eigenvalue weighted by Crippen LogP contribution is 2.28. The molecule has 1 aromatic heterocycles. The van der Waals surface area contributed by atoms with Crippen molar-refractivity contribution in [1.29, 1.82) is 0 Å². The van der Waals surface area contributed by atoms with E-state index in [2.05, 4.69) is 10.2 Å². The first-order chi connectivity index (χ1) is 12.5. The van der Waals surface area contributed by atoms with Crippen molar-refractivity contribution in [2.45, 2.75) is 19.8 Å². The Kier molecular flexibility index (Phi) is 3.34. The number of esters is 1. The van der Waals surface area contributed by atoms with E-state index in [9.17, 15) is 9.90 Å². The summed E-state index contributed by atoms with van der Waals surface area (Å²) in [5.41, 5.74) is 3.01. The van der Waals surface area contributed by atoms with Gasteiger partial charge in [0, 0.05) is 2.97 Å². The number of ether oxygens (including phenoxy) is 1. The highest BCUT2D eigenvalue weighted by molar-refractivity contribution is 5.75. The Morgan fingerprint density at radius 2 is 2.17 bits per heavy atom. The van der Waals surface area contributed by atoms with Gasteiger partial charge in [-0.15, -0.1) is 15.0 Å². The minimum Gasteiger partial charge on any atom is -0.505 e. The van der Waals surface area contributed by atoms with Crippen LogP contribution in [0.15, 0.2) is 36.4 Å². The molecule has 1 heterocycles. The standard InChI is InChI=1S/C17H17N3O3.H2/c1-3-12-8-11(10-16(21)23-2)9-15(17(12)22)20-18-13-6-4-5-7-14(13)19-20;/h4-9,22H,3,10H2,1-2H3;1H/i4T;1+2T. The minimum absolute atomic E-state index is 0.0810. The molecule has 0 aliphatic heterocycles. The smallest absolute Gasteiger partial charge is 0.309 e. The van der Waals surface area contributed by atoms with Crippen LogP contribution in [0.1, 0.15) is 22.4 Å². The number of benzene rings is 2. The molecule has 0 fully saturated rings. The van der Waals surface area contributed by atoms with Crippen molar-refractivity contribution >= 4 is 17.0 Å². The van der Waals surface area contributed by atoms with E-state index in [0.717, 1.165) is 0 Å². The predicted molar refractivity (Wildman–Crippen MR) is 87.7 cm³/mol. The van der Waals surface area contributed by atoms with Crippen molar-refractivity contribution < 1.29 is 19.0 Å². The highest BCUT2D eigenvalue weighted by Gasteiger charge is 2.15. The Hall–Kier alpha value is -2.89. The fourth-order valence-corrected chi connectivity index (χ4v) is 2.42. The van der Waals surface area contributed by atoms with Gasteiger partial charge in [0.05, 0.1) is 14.9 Å². The molecule has 6 nitrogen and oxygen atoms in total. The average molecular weight is 319 g/mol. The van der Waals surface area contributed by atoms with Crippen LogP contribution >= 0.6 is 0 Å². The third-order valence-electron chi connectivity index (χ3n) is 3.63. The molecule has 0 atom stereocenters. The van der Waals surface area contributed by atoms with E-state index in [0.29, 0.717) is 40.3 Å². The summed E-state index contributed by atoms with van der Waals surface area (Å²) in [5, 5.41) is 19.2. The maximum absolute atomic E-state index is 11.5. The van der Waals surface area contributed by atoms with E-state index in [1.807, 2.05) is 6.92 Å². The number of phenolic OH excluding ortho intramolecular Hbond substituents is 1. The number of aromatic hydroxyl groups is 1. The summed E-state index contributed by atoms with van der Waals surface area (Å²) in [4.78, 5) is 12.9. The number of aromatic nitrogens is 3. The first-order valence-corrected chi connectivity index (χ1v) is 7.27. The molecular weight excluding hydrogens is 294 g/mol. The van der Waals surface area contributed by atoms with Crippen molar-refractivity contribution in [2.24, 2.45) is 0 Å². The van der Waals surface area contributed by atoms with Crippen LogP contribution in [-0.4, -0.2) is 33.2 Å². The molecule has 0 aliphatic rings. The second-order valence-corrected chi connectivity index (χ2v) is 5.13. The van der Waals surface area contributed by atoms with Crippen molar-refractivity contribution in [1.82, 2.24) is 15.0 Å². The monoisotopic (exact) mass is 319 g/mol. The lowest BCUT2D eigenvalue weighted by Crippen LogP contribution is -2.07. The summed E-state index contributed by atoms with van der Waals surface area (Å²) in [5.74, 6) is -0.274. The molecule has 0 radical (unpaired) electrons. The summed E-state index contributed by atoms with van der Waals surface area (Å²) in [6, 6.07) is 8.73. The van der Waals surface area contributed by atoms with E-state index in [1.54, 1.807) is 30.3 Å². The largest absolute Gasteiger partial charge is 0.505 e. The lowest BCUT2D eigenvalue weighted by atomic mass is 10.0. The predicted octanol–water partition coefficient (Wildman–Crippen LogP) is 2.65. The molecule has 120 valence electrons. The molecule has 0 unspecified atom stereocenters. The fourth-order valence-electron chi connectivity index (χ4n) is 2.42. The van der Waals surface area contributed by atoms with Gasteiger partial charge >= 0.3 is 5.97 Å². The van der Waals surface area contributed by atoms with Gasteiger partial charge in [-0.1, -0.05) is 25.1 Å². The number of rotatable bonds is 4. The van der Waals surface area contributed by atoms with E-state index in [4.69, 9.17) is 9.08 Å². The van der Waals surface area contributed by atoms with Gasteiger partial charge in [-0.05, 0) is 35.7 Å². The Balaban J connectivity index is 0.00000117. The Labute approximate surface area is 137 Å². The van der Waals surface area contributed by atoms with Crippen LogP contribution in [0.4, 0.5) is 0 Å². The van der Waals surface area contributed by atoms with Crippen LogP contribution in [0.25, 0.3) is 16.7 Å². The van der Waals surface area contributed by atoms with Gasteiger partial charge in [0.15, 0.2) is 0 Å². The zero-order chi connectivity index (χ0) is 19.3. The molecule has 1 N–H and O–H groups in total. The second kappa shape index (κ2) is 6.08. The highest BCUT2D eigenvalue weighted by atomic mass is 16.5. The summed E-state index contributed by atoms with van der Waals surface area (Å²) >= 11 is 0. The van der Waals surface area contributed by atoms with Crippen molar-refractivity contribution in [3.63, 3.8) is 0 Å². The van der Waals surface area contributed by atoms with E-state index < -0.39 is 0 Å². The van der Waals surface area contributed by atoms with Gasteiger partial charge < -0.3 is 9.84 Å². The van der Waals surface area contributed by atoms with Gasteiger partial charge in [0.25, 0.3) is 0 Å². The third-order valence-corrected chi connectivity index (χ3v) is 3.63. The molecule has 0 spiro atoms. The third kappa shape index (κ3) is 2.88. The average Bonchev–Trinajstić information content (AvgIpc) is 3.07. The molecule has 0 amide bonds. The number of carbonyl (C=O) groups is 1. The normalized spacial score (nSPS) is 11.8. The van der Waals surface area contributed by atoms with Crippen LogP contribution < -0.4 is 0 Å². The quantitative estimate of drug-likeness (QED) is 0.748. The number of hydrogen-bond donors (Lipinski definition) is 1. The topological polar surface area (TPSA) is 77.2 Å². The molecule has 0 bridgehead atoms. The van der Waals surface area contributed by atoms with Crippen LogP contribution in [0.2, 0.25) is 0 Å². The Morgan fingerprint density at radius 3 is 2.87 bits per heavy atom. The van der Waals surface area contributed by atoms with Crippen molar-refractivity contribution in [3.8, 4) is 11.4 Å². The number of phenols is 1. The summed E-state index contributed by atoms with van der Waals surface area (Å²) in [6.45, 7) is 1.92. The van der Waals surface area contributed by atoms with Crippen LogP contribution in [-0.2, 0) is 22.4 Å². The molecule has 6 heteroatoms. The maximum Gasteiger partial charge on any atom is 0.309 e. The van der Waals surface area contributed by atoms with Crippen molar-refractivity contribution in [2.75, 3.05) is 7.11 Å². The van der Waals surface area contributed by atoms with E-state index >= 15 is 0 Å². The molecule has 0 aliphatic carbocycles. The minimum atomic E-state index is -0.355. The second-order valence-electron chi connectivity index (χ2n) is 5.13. The molecule has 3 rings (SSSR count). The Bertz CT molecular complexity index is 928. The SMILES string of the molecule is [3H][3H].[3H]c1ccc2nn(-c3cc(CC(=O)OC)cc(CC)c3O)nc2c1. The lowest BCUT2D eigenvalue weighted by Gasteiger charge is -2.11. The summed E-state index contributed by atoms with van der Waals surface area (Å²) in [6.07, 6.45) is 0.708. The fraction of sp³-hybridized carbons (Fsp3) is 0.235. The van der Waals surface area contributed by atoms with E-state index in [-0.39, 0.29) is 18.1 Å². The van der Waals surface area contributed by atoms with Gasteiger partial charge in [-0.25, -0.2) is 0 Å². The van der Waals surface area contributed by atoms with E-state index in [1.165, 1.54) is 11.9 Å². The zero-order valence-corrected chi connectivity index (χ0v) is 12.9. The lowest BCUT2D eigenvalue weighted by molar-refractivity contribution is -0.139. The molecule has 23 heavy (non-hydrogen) atoms. The molecule has 0 saturated carbocycles. The molecular formula is C17H19N3O3. The number of hydrogen-bond acceptors (Lipinski definition) is 5. The first kappa shape index (κ1) is 12.6. The first-order valence-electron chi connectivity index (χ1n) is 8.77. The van der Waals surface area contributed by atoms with Gasteiger partial charge in [-0.3, -0.25) is 4.79 Å². The van der Waals surface area contributed by atoms with Crippen LogP contribution in [0.3, 0.4) is 0 Å². The number of fused-ring (bicyclic) bond motifs is 1. The maximum atomic E-state index is 11.5. The van der Waals surface area contributed by atoms with Gasteiger partial charge in [0.1, 0.15) is 22.5 Å². The van der Waals surface area contributed by atoms with Crippen molar-refractivity contribution in [3.05, 3.63) is 47.5 Å². The van der Waals surface area contributed by atoms with Gasteiger partial charge in [-0.2, -0.15) is 0 Å². The van der Waals surface area contributed by atoms with Crippen LogP contribution in [0.5, 0.6) is 5.75 Å². The number of nitrogens with zero attached hydrogens (tertiary/aromatic N) is 3. The molecule has 3 aromatic rings. The summed E-state index contributed by atoms with van der Waals surface area (Å²) < 4.78 is 22.4. The number of methoxy groups -OCH3 is 1. The number of aryl methyl sites for hydroxylation is 1. The van der Waals surface area contributed by atoms with Gasteiger partial charge in [0.2, 0.25) is 0 Å². The molecule has 2 aromatic carbocycles. The molecule has 0 saturated heterocycles. The summed E-state index contributed by atoms with van der Waals surface area (Å²) in [7, 11) is 1.34. The number of carbonyl (C=O) groups excluding carboxylic acids is 1. The zero-order valence-electron chi connectivity index (χ0n) is 15.9.